The first-order chi connectivity index (χ1) is 12.0. The molecule has 1 heterocycles. The van der Waals surface area contributed by atoms with Gasteiger partial charge in [0.1, 0.15) is 0 Å². The molecule has 0 aliphatic carbocycles. The smallest absolute Gasteiger partial charge is 0.217 e. The summed E-state index contributed by atoms with van der Waals surface area (Å²) in [4.78, 5) is 17.7. The van der Waals surface area contributed by atoms with Crippen molar-refractivity contribution in [1.29, 1.82) is 0 Å². The molecular weight excluding hydrogens is 359 g/mol. The molecule has 138 valence electrons. The number of carbonyl (C=O) groups excluding carboxylic acids is 1. The van der Waals surface area contributed by atoms with Crippen molar-refractivity contribution in [2.75, 3.05) is 26.7 Å². The maximum absolute atomic E-state index is 11.1. The number of nitrogens with one attached hydrogen (secondary N) is 1. The third kappa shape index (κ3) is 6.40. The zero-order valence-electron chi connectivity index (χ0n) is 14.6. The zero-order valence-corrected chi connectivity index (χ0v) is 16.1. The van der Waals surface area contributed by atoms with Crippen LogP contribution in [0.4, 0.5) is 0 Å². The Morgan fingerprint density at radius 3 is 2.92 bits per heavy atom. The van der Waals surface area contributed by atoms with E-state index in [4.69, 9.17) is 28.9 Å². The lowest BCUT2D eigenvalue weighted by Crippen LogP contribution is -2.47. The van der Waals surface area contributed by atoms with E-state index >= 15 is 0 Å². The fourth-order valence-electron chi connectivity index (χ4n) is 3.24. The molecule has 25 heavy (non-hydrogen) atoms. The van der Waals surface area contributed by atoms with Gasteiger partial charge in [0, 0.05) is 43.1 Å². The molecule has 0 bridgehead atoms. The maximum atomic E-state index is 11.1. The SMILES string of the molecule is CN=C(NCCCc1ccc(Cl)cc1Cl)N1CCCC(CC(N)=O)C1. The van der Waals surface area contributed by atoms with Crippen LogP contribution in [0.25, 0.3) is 0 Å². The normalized spacial score (nSPS) is 18.3. The molecule has 0 spiro atoms. The lowest BCUT2D eigenvalue weighted by molar-refractivity contribution is -0.119. The number of aliphatic imine (C=N–C) groups is 1. The van der Waals surface area contributed by atoms with Crippen LogP contribution < -0.4 is 11.1 Å². The van der Waals surface area contributed by atoms with Gasteiger partial charge in [0.25, 0.3) is 0 Å². The second kappa shape index (κ2) is 9.88. The molecule has 0 saturated carbocycles. The number of rotatable bonds is 6. The molecule has 2 rings (SSSR count). The van der Waals surface area contributed by atoms with Crippen LogP contribution >= 0.6 is 23.2 Å². The highest BCUT2D eigenvalue weighted by Crippen LogP contribution is 2.22. The summed E-state index contributed by atoms with van der Waals surface area (Å²) in [7, 11) is 1.79. The number of likely N-dealkylation sites (tertiary alicyclic amines) is 1. The van der Waals surface area contributed by atoms with Crippen molar-refractivity contribution in [1.82, 2.24) is 10.2 Å². The van der Waals surface area contributed by atoms with E-state index in [1.165, 1.54) is 0 Å². The number of hydrogen-bond donors (Lipinski definition) is 2. The van der Waals surface area contributed by atoms with Gasteiger partial charge in [-0.05, 0) is 49.3 Å². The molecule has 1 aromatic carbocycles. The van der Waals surface area contributed by atoms with Gasteiger partial charge >= 0.3 is 0 Å². The van der Waals surface area contributed by atoms with Gasteiger partial charge in [0.2, 0.25) is 5.91 Å². The topological polar surface area (TPSA) is 70.7 Å². The van der Waals surface area contributed by atoms with E-state index in [1.54, 1.807) is 13.1 Å². The van der Waals surface area contributed by atoms with E-state index < -0.39 is 0 Å². The van der Waals surface area contributed by atoms with Gasteiger partial charge in [0.05, 0.1) is 0 Å². The Morgan fingerprint density at radius 1 is 1.44 bits per heavy atom. The van der Waals surface area contributed by atoms with Gasteiger partial charge < -0.3 is 16.0 Å². The molecule has 1 aliphatic heterocycles. The Bertz CT molecular complexity index is 621. The van der Waals surface area contributed by atoms with Crippen molar-refractivity contribution in [2.45, 2.75) is 32.1 Å². The van der Waals surface area contributed by atoms with Gasteiger partial charge in [-0.1, -0.05) is 29.3 Å². The fourth-order valence-corrected chi connectivity index (χ4v) is 3.75. The Morgan fingerprint density at radius 2 is 2.24 bits per heavy atom. The highest BCUT2D eigenvalue weighted by atomic mass is 35.5. The summed E-state index contributed by atoms with van der Waals surface area (Å²) in [6.45, 7) is 2.59. The van der Waals surface area contributed by atoms with E-state index in [0.717, 1.165) is 56.8 Å². The van der Waals surface area contributed by atoms with E-state index in [1.807, 2.05) is 12.1 Å². The Balaban J connectivity index is 1.79. The molecule has 0 radical (unpaired) electrons. The molecule has 1 aliphatic rings. The molecular formula is C18H26Cl2N4O. The summed E-state index contributed by atoms with van der Waals surface area (Å²) in [5.74, 6) is 0.976. The molecule has 1 unspecified atom stereocenters. The molecule has 3 N–H and O–H groups in total. The van der Waals surface area contributed by atoms with Crippen molar-refractivity contribution >= 4 is 35.1 Å². The molecule has 0 aromatic heterocycles. The number of piperidine rings is 1. The number of benzene rings is 1. The summed E-state index contributed by atoms with van der Waals surface area (Å²) >= 11 is 12.1. The standard InChI is InChI=1S/C18H26Cl2N4O/c1-22-18(24-9-3-4-13(12-24)10-17(21)25)23-8-2-5-14-6-7-15(19)11-16(14)20/h6-7,11,13H,2-5,8-10,12H2,1H3,(H2,21,25)(H,22,23). The lowest BCUT2D eigenvalue weighted by atomic mass is 9.95. The van der Waals surface area contributed by atoms with E-state index in [0.29, 0.717) is 22.4 Å². The number of carbonyl (C=O) groups is 1. The minimum atomic E-state index is -0.227. The van der Waals surface area contributed by atoms with E-state index in [-0.39, 0.29) is 5.91 Å². The van der Waals surface area contributed by atoms with Crippen LogP contribution in [-0.4, -0.2) is 43.4 Å². The number of guanidine groups is 1. The van der Waals surface area contributed by atoms with Crippen molar-refractivity contribution in [3.63, 3.8) is 0 Å². The quantitative estimate of drug-likeness (QED) is 0.449. The first-order valence-corrected chi connectivity index (χ1v) is 9.43. The first-order valence-electron chi connectivity index (χ1n) is 8.67. The summed E-state index contributed by atoms with van der Waals surface area (Å²) in [6, 6.07) is 5.61. The number of hydrogen-bond acceptors (Lipinski definition) is 2. The van der Waals surface area contributed by atoms with Crippen molar-refractivity contribution in [3.8, 4) is 0 Å². The Kier molecular flexibility index (Phi) is 7.85. The second-order valence-corrected chi connectivity index (χ2v) is 7.28. The molecule has 5 nitrogen and oxygen atoms in total. The molecule has 7 heteroatoms. The summed E-state index contributed by atoms with van der Waals surface area (Å²) in [5.41, 5.74) is 6.43. The van der Waals surface area contributed by atoms with Crippen LogP contribution in [0.1, 0.15) is 31.2 Å². The fraction of sp³-hybridized carbons (Fsp3) is 0.556. The van der Waals surface area contributed by atoms with Crippen molar-refractivity contribution in [2.24, 2.45) is 16.6 Å². The van der Waals surface area contributed by atoms with Crippen LogP contribution in [0, 0.1) is 5.92 Å². The number of primary amides is 1. The number of halogens is 2. The summed E-state index contributed by atoms with van der Waals surface area (Å²) in [5, 5.41) is 4.77. The van der Waals surface area contributed by atoms with Crippen LogP contribution in [-0.2, 0) is 11.2 Å². The van der Waals surface area contributed by atoms with Gasteiger partial charge in [-0.15, -0.1) is 0 Å². The molecule has 1 fully saturated rings. The van der Waals surface area contributed by atoms with Crippen LogP contribution in [0.15, 0.2) is 23.2 Å². The number of nitrogens with zero attached hydrogens (tertiary/aromatic N) is 2. The van der Waals surface area contributed by atoms with Gasteiger partial charge in [-0.3, -0.25) is 9.79 Å². The van der Waals surface area contributed by atoms with Crippen LogP contribution in [0.3, 0.4) is 0 Å². The van der Waals surface area contributed by atoms with Crippen molar-refractivity contribution < 1.29 is 4.79 Å². The Hall–Kier alpha value is -1.46. The number of nitrogens with two attached hydrogens (primary N) is 1. The monoisotopic (exact) mass is 384 g/mol. The molecule has 1 aromatic rings. The largest absolute Gasteiger partial charge is 0.370 e. The summed E-state index contributed by atoms with van der Waals surface area (Å²) in [6.07, 6.45) is 4.37. The van der Waals surface area contributed by atoms with Crippen LogP contribution in [0.2, 0.25) is 10.0 Å². The van der Waals surface area contributed by atoms with E-state index in [2.05, 4.69) is 15.2 Å². The van der Waals surface area contributed by atoms with Gasteiger partial charge in [-0.25, -0.2) is 0 Å². The molecule has 1 saturated heterocycles. The molecule has 1 amide bonds. The first kappa shape index (κ1) is 19.9. The van der Waals surface area contributed by atoms with Gasteiger partial charge in [0.15, 0.2) is 5.96 Å². The second-order valence-electron chi connectivity index (χ2n) is 6.44. The third-order valence-corrected chi connectivity index (χ3v) is 5.03. The lowest BCUT2D eigenvalue weighted by Gasteiger charge is -2.34. The zero-order chi connectivity index (χ0) is 18.2. The third-order valence-electron chi connectivity index (χ3n) is 4.44. The average Bonchev–Trinajstić information content (AvgIpc) is 2.56. The predicted molar refractivity (Wildman–Crippen MR) is 104 cm³/mol. The van der Waals surface area contributed by atoms with Crippen molar-refractivity contribution in [3.05, 3.63) is 33.8 Å². The summed E-state index contributed by atoms with van der Waals surface area (Å²) < 4.78 is 0. The van der Waals surface area contributed by atoms with Crippen LogP contribution in [0.5, 0.6) is 0 Å². The highest BCUT2D eigenvalue weighted by molar-refractivity contribution is 6.35. The minimum absolute atomic E-state index is 0.227. The van der Waals surface area contributed by atoms with Gasteiger partial charge in [-0.2, -0.15) is 0 Å². The Labute approximate surface area is 159 Å². The molecule has 1 atom stereocenters. The van der Waals surface area contributed by atoms with E-state index in [9.17, 15) is 4.79 Å². The highest BCUT2D eigenvalue weighted by Gasteiger charge is 2.23. The number of aryl methyl sites for hydroxylation is 1. The predicted octanol–water partition coefficient (Wildman–Crippen LogP) is 3.09. The average molecular weight is 385 g/mol. The number of amides is 1. The minimum Gasteiger partial charge on any atom is -0.370 e. The maximum Gasteiger partial charge on any atom is 0.217 e.